The minimum Gasteiger partial charge on any atom is -0.497 e. The number of tetrazole rings is 1. The molecule has 1 saturated carbocycles. The Hall–Kier alpha value is -3.82. The predicted octanol–water partition coefficient (Wildman–Crippen LogP) is 2.87. The summed E-state index contributed by atoms with van der Waals surface area (Å²) in [5, 5.41) is 24.9. The number of carbonyl (C=O) groups excluding carboxylic acids is 1. The summed E-state index contributed by atoms with van der Waals surface area (Å²) in [7, 11) is 1.60. The van der Waals surface area contributed by atoms with Crippen LogP contribution in [0.25, 0.3) is 11.4 Å². The molecule has 178 valence electrons. The number of hydrogen-bond acceptors (Lipinski definition) is 7. The lowest BCUT2D eigenvalue weighted by Gasteiger charge is -2.25. The maximum atomic E-state index is 12.7. The zero-order chi connectivity index (χ0) is 24.1. The number of ether oxygens (including phenoxy) is 1. The van der Waals surface area contributed by atoms with Crippen molar-refractivity contribution in [3.05, 3.63) is 53.3 Å². The molecule has 2 aromatic heterocycles. The Kier molecular flexibility index (Phi) is 7.15. The van der Waals surface area contributed by atoms with Crippen molar-refractivity contribution in [2.45, 2.75) is 45.7 Å². The Morgan fingerprint density at radius 3 is 2.71 bits per heavy atom. The van der Waals surface area contributed by atoms with Crippen LogP contribution < -0.4 is 10.1 Å². The van der Waals surface area contributed by atoms with Crippen molar-refractivity contribution in [1.29, 1.82) is 0 Å². The molecule has 1 aromatic carbocycles. The van der Waals surface area contributed by atoms with E-state index in [0.717, 1.165) is 24.2 Å². The second-order valence-electron chi connectivity index (χ2n) is 8.64. The number of hydrogen-bond donors (Lipinski definition) is 2. The fourth-order valence-corrected chi connectivity index (χ4v) is 4.23. The second kappa shape index (κ2) is 10.4. The molecule has 0 aliphatic heterocycles. The molecule has 2 N–H and O–H groups in total. The van der Waals surface area contributed by atoms with Gasteiger partial charge in [-0.05, 0) is 73.6 Å². The molecule has 2 heterocycles. The molecule has 0 saturated heterocycles. The number of carboxylic acid groups (broad SMARTS) is 1. The Bertz CT molecular complexity index is 1170. The van der Waals surface area contributed by atoms with Crippen LogP contribution in [-0.4, -0.2) is 49.3 Å². The third kappa shape index (κ3) is 5.75. The first-order valence-corrected chi connectivity index (χ1v) is 11.3. The van der Waals surface area contributed by atoms with Crippen LogP contribution in [0.3, 0.4) is 0 Å². The molecule has 0 bridgehead atoms. The highest BCUT2D eigenvalue weighted by Gasteiger charge is 2.26. The van der Waals surface area contributed by atoms with Gasteiger partial charge in [0, 0.05) is 17.8 Å². The summed E-state index contributed by atoms with van der Waals surface area (Å²) in [6, 6.07) is 11.0. The Morgan fingerprint density at radius 1 is 1.18 bits per heavy atom. The number of carbonyl (C=O) groups is 2. The Labute approximate surface area is 197 Å². The predicted molar refractivity (Wildman–Crippen MR) is 123 cm³/mol. The van der Waals surface area contributed by atoms with Gasteiger partial charge in [0.25, 0.3) is 5.91 Å². The minimum atomic E-state index is -0.712. The van der Waals surface area contributed by atoms with E-state index in [-0.39, 0.29) is 17.5 Å². The van der Waals surface area contributed by atoms with E-state index in [4.69, 9.17) is 9.84 Å². The van der Waals surface area contributed by atoms with E-state index in [9.17, 15) is 9.59 Å². The number of aromatic nitrogens is 5. The van der Waals surface area contributed by atoms with Crippen molar-refractivity contribution in [1.82, 2.24) is 30.5 Å². The SMILES string of the molecule is COc1cccc(CNC(=O)c2cc(-c3nnn(C[C@H]4CC[C@H](C(=O)O)CC4)n3)cc(C)n2)c1. The number of rotatable bonds is 8. The summed E-state index contributed by atoms with van der Waals surface area (Å²) >= 11 is 0. The van der Waals surface area contributed by atoms with E-state index in [1.165, 1.54) is 0 Å². The zero-order valence-corrected chi connectivity index (χ0v) is 19.3. The largest absolute Gasteiger partial charge is 0.497 e. The lowest BCUT2D eigenvalue weighted by atomic mass is 9.82. The first kappa shape index (κ1) is 23.3. The average molecular weight is 465 g/mol. The molecule has 10 heteroatoms. The summed E-state index contributed by atoms with van der Waals surface area (Å²) in [6.07, 6.45) is 3.03. The summed E-state index contributed by atoms with van der Waals surface area (Å²) in [6.45, 7) is 2.75. The number of methoxy groups -OCH3 is 1. The average Bonchev–Trinajstić information content (AvgIpc) is 3.31. The highest BCUT2D eigenvalue weighted by Crippen LogP contribution is 2.29. The number of benzene rings is 1. The van der Waals surface area contributed by atoms with Gasteiger partial charge in [0.15, 0.2) is 0 Å². The van der Waals surface area contributed by atoms with E-state index in [1.807, 2.05) is 37.3 Å². The molecule has 0 unspecified atom stereocenters. The summed E-state index contributed by atoms with van der Waals surface area (Å²) in [5.74, 6) is 0.225. The van der Waals surface area contributed by atoms with Crippen LogP contribution in [-0.2, 0) is 17.9 Å². The van der Waals surface area contributed by atoms with Crippen LogP contribution in [0.15, 0.2) is 36.4 Å². The molecule has 34 heavy (non-hydrogen) atoms. The zero-order valence-electron chi connectivity index (χ0n) is 19.3. The molecule has 1 aliphatic carbocycles. The van der Waals surface area contributed by atoms with Crippen LogP contribution >= 0.6 is 0 Å². The van der Waals surface area contributed by atoms with Gasteiger partial charge >= 0.3 is 5.97 Å². The van der Waals surface area contributed by atoms with Gasteiger partial charge in [-0.1, -0.05) is 12.1 Å². The van der Waals surface area contributed by atoms with Gasteiger partial charge in [0.2, 0.25) is 5.82 Å². The van der Waals surface area contributed by atoms with Crippen molar-refractivity contribution in [2.75, 3.05) is 7.11 Å². The minimum absolute atomic E-state index is 0.246. The Balaban J connectivity index is 1.40. The number of carboxylic acids is 1. The third-order valence-electron chi connectivity index (χ3n) is 6.10. The number of nitrogens with one attached hydrogen (secondary N) is 1. The molecule has 4 rings (SSSR count). The molecule has 0 spiro atoms. The van der Waals surface area contributed by atoms with Crippen molar-refractivity contribution in [2.24, 2.45) is 11.8 Å². The fourth-order valence-electron chi connectivity index (χ4n) is 4.23. The first-order valence-electron chi connectivity index (χ1n) is 11.3. The van der Waals surface area contributed by atoms with Crippen LogP contribution in [0.4, 0.5) is 0 Å². The monoisotopic (exact) mass is 464 g/mol. The highest BCUT2D eigenvalue weighted by molar-refractivity contribution is 5.93. The van der Waals surface area contributed by atoms with Gasteiger partial charge in [-0.2, -0.15) is 4.80 Å². The summed E-state index contributed by atoms with van der Waals surface area (Å²) in [5.41, 5.74) is 2.54. The van der Waals surface area contributed by atoms with E-state index in [1.54, 1.807) is 18.0 Å². The van der Waals surface area contributed by atoms with Crippen LogP contribution in [0, 0.1) is 18.8 Å². The van der Waals surface area contributed by atoms with Crippen LogP contribution in [0.5, 0.6) is 5.75 Å². The van der Waals surface area contributed by atoms with Gasteiger partial charge < -0.3 is 15.2 Å². The molecular formula is C24H28N6O4. The van der Waals surface area contributed by atoms with E-state index in [0.29, 0.717) is 48.9 Å². The maximum Gasteiger partial charge on any atom is 0.306 e. The van der Waals surface area contributed by atoms with E-state index in [2.05, 4.69) is 25.7 Å². The number of pyridine rings is 1. The third-order valence-corrected chi connectivity index (χ3v) is 6.10. The summed E-state index contributed by atoms with van der Waals surface area (Å²) < 4.78 is 5.22. The molecule has 3 aromatic rings. The fraction of sp³-hybridized carbons (Fsp3) is 0.417. The first-order chi connectivity index (χ1) is 16.4. The molecular weight excluding hydrogens is 436 g/mol. The van der Waals surface area contributed by atoms with Crippen molar-refractivity contribution in [3.8, 4) is 17.1 Å². The standard InChI is InChI=1S/C24H28N6O4/c1-15-10-19(12-21(26-15)23(31)25-13-17-4-3-5-20(11-17)34-2)22-27-29-30(28-22)14-16-6-8-18(9-7-16)24(32)33/h3-5,10-12,16,18H,6-9,13-14H2,1-2H3,(H,25,31)(H,32,33)/t16-,18-. The quantitative estimate of drug-likeness (QED) is 0.520. The summed E-state index contributed by atoms with van der Waals surface area (Å²) in [4.78, 5) is 29.8. The van der Waals surface area contributed by atoms with Crippen molar-refractivity contribution >= 4 is 11.9 Å². The number of aryl methyl sites for hydroxylation is 1. The maximum absolute atomic E-state index is 12.7. The van der Waals surface area contributed by atoms with Crippen molar-refractivity contribution in [3.63, 3.8) is 0 Å². The molecule has 1 fully saturated rings. The van der Waals surface area contributed by atoms with Crippen LogP contribution in [0.1, 0.15) is 47.4 Å². The molecule has 10 nitrogen and oxygen atoms in total. The molecule has 1 aliphatic rings. The van der Waals surface area contributed by atoms with Crippen LogP contribution in [0.2, 0.25) is 0 Å². The topological polar surface area (TPSA) is 132 Å². The second-order valence-corrected chi connectivity index (χ2v) is 8.64. The van der Waals surface area contributed by atoms with Crippen molar-refractivity contribution < 1.29 is 19.4 Å². The van der Waals surface area contributed by atoms with Gasteiger partial charge in [-0.25, -0.2) is 4.98 Å². The highest BCUT2D eigenvalue weighted by atomic mass is 16.5. The lowest BCUT2D eigenvalue weighted by molar-refractivity contribution is -0.143. The molecule has 0 atom stereocenters. The Morgan fingerprint density at radius 2 is 1.97 bits per heavy atom. The van der Waals surface area contributed by atoms with Gasteiger partial charge in [-0.3, -0.25) is 9.59 Å². The normalized spacial score (nSPS) is 17.8. The number of amides is 1. The van der Waals surface area contributed by atoms with E-state index >= 15 is 0 Å². The smallest absolute Gasteiger partial charge is 0.306 e. The lowest BCUT2D eigenvalue weighted by Crippen LogP contribution is -2.24. The van der Waals surface area contributed by atoms with Gasteiger partial charge in [-0.15, -0.1) is 10.2 Å². The van der Waals surface area contributed by atoms with Gasteiger partial charge in [0.05, 0.1) is 19.6 Å². The van der Waals surface area contributed by atoms with E-state index < -0.39 is 5.97 Å². The molecule has 1 amide bonds. The molecule has 0 radical (unpaired) electrons. The number of aliphatic carboxylic acids is 1. The number of nitrogens with zero attached hydrogens (tertiary/aromatic N) is 5. The van der Waals surface area contributed by atoms with Gasteiger partial charge in [0.1, 0.15) is 11.4 Å².